The van der Waals surface area contributed by atoms with Crippen molar-refractivity contribution in [1.82, 2.24) is 0 Å². The second-order valence-corrected chi connectivity index (χ2v) is 5.94. The van der Waals surface area contributed by atoms with Crippen LogP contribution in [-0.2, 0) is 6.54 Å². The molecule has 4 heteroatoms. The summed E-state index contributed by atoms with van der Waals surface area (Å²) in [5.41, 5.74) is 2.26. The molecule has 0 radical (unpaired) electrons. The third kappa shape index (κ3) is 2.97. The standard InChI is InChI=1S/C22H16FNO2/c23-18-12-6-4-10-16(18)14-24-20-17-11-5-7-13-19(17)26-22(20)21(25)15-8-2-1-3-9-15/h1-13,24H,14H2. The first kappa shape index (κ1) is 16.1. The predicted octanol–water partition coefficient (Wildman–Crippen LogP) is 5.42. The van der Waals surface area contributed by atoms with E-state index in [1.54, 1.807) is 30.3 Å². The molecule has 128 valence electrons. The summed E-state index contributed by atoms with van der Waals surface area (Å²) in [6.07, 6.45) is 0. The molecule has 0 aliphatic heterocycles. The van der Waals surface area contributed by atoms with Crippen LogP contribution in [0.3, 0.4) is 0 Å². The Bertz CT molecular complexity index is 1070. The molecule has 4 rings (SSSR count). The van der Waals surface area contributed by atoms with Crippen molar-refractivity contribution in [1.29, 1.82) is 0 Å². The lowest BCUT2D eigenvalue weighted by molar-refractivity contribution is 0.101. The van der Waals surface area contributed by atoms with E-state index in [2.05, 4.69) is 5.32 Å². The highest BCUT2D eigenvalue weighted by Crippen LogP contribution is 2.33. The van der Waals surface area contributed by atoms with Gasteiger partial charge in [-0.3, -0.25) is 4.79 Å². The fourth-order valence-corrected chi connectivity index (χ4v) is 2.93. The van der Waals surface area contributed by atoms with Crippen molar-refractivity contribution in [3.8, 4) is 0 Å². The molecular weight excluding hydrogens is 329 g/mol. The number of benzene rings is 3. The Kier molecular flexibility index (Phi) is 4.23. The van der Waals surface area contributed by atoms with Crippen LogP contribution >= 0.6 is 0 Å². The lowest BCUT2D eigenvalue weighted by atomic mass is 10.1. The zero-order chi connectivity index (χ0) is 17.9. The maximum absolute atomic E-state index is 13.9. The number of carbonyl (C=O) groups excluding carboxylic acids is 1. The average molecular weight is 345 g/mol. The molecule has 1 N–H and O–H groups in total. The van der Waals surface area contributed by atoms with Gasteiger partial charge in [0.15, 0.2) is 5.76 Å². The fourth-order valence-electron chi connectivity index (χ4n) is 2.93. The molecule has 0 unspecified atom stereocenters. The van der Waals surface area contributed by atoms with E-state index in [1.165, 1.54) is 6.07 Å². The van der Waals surface area contributed by atoms with Crippen LogP contribution in [0.15, 0.2) is 83.3 Å². The molecule has 1 heterocycles. The van der Waals surface area contributed by atoms with E-state index in [0.29, 0.717) is 22.4 Å². The number of fused-ring (bicyclic) bond motifs is 1. The summed E-state index contributed by atoms with van der Waals surface area (Å²) in [5.74, 6) is -0.268. The molecule has 0 atom stereocenters. The van der Waals surface area contributed by atoms with E-state index in [4.69, 9.17) is 4.42 Å². The van der Waals surface area contributed by atoms with Crippen LogP contribution in [-0.4, -0.2) is 5.78 Å². The number of ketones is 1. The topological polar surface area (TPSA) is 42.2 Å². The first-order valence-corrected chi connectivity index (χ1v) is 8.32. The zero-order valence-corrected chi connectivity index (χ0v) is 13.9. The van der Waals surface area contributed by atoms with Gasteiger partial charge >= 0.3 is 0 Å². The molecule has 0 spiro atoms. The summed E-state index contributed by atoms with van der Waals surface area (Å²) in [5, 5.41) is 3.98. The van der Waals surface area contributed by atoms with Crippen LogP contribution in [0.2, 0.25) is 0 Å². The SMILES string of the molecule is O=C(c1ccccc1)c1oc2ccccc2c1NCc1ccccc1F. The van der Waals surface area contributed by atoms with Gasteiger partial charge in [0.1, 0.15) is 11.4 Å². The number of rotatable bonds is 5. The van der Waals surface area contributed by atoms with Crippen molar-refractivity contribution >= 4 is 22.4 Å². The number of carbonyl (C=O) groups is 1. The number of hydrogen-bond donors (Lipinski definition) is 1. The van der Waals surface area contributed by atoms with Gasteiger partial charge in [0.25, 0.3) is 0 Å². The van der Waals surface area contributed by atoms with Gasteiger partial charge in [0.2, 0.25) is 5.78 Å². The van der Waals surface area contributed by atoms with Crippen molar-refractivity contribution in [2.45, 2.75) is 6.54 Å². The third-order valence-corrected chi connectivity index (χ3v) is 4.25. The number of nitrogens with one attached hydrogen (secondary N) is 1. The minimum Gasteiger partial charge on any atom is -0.450 e. The number of furan rings is 1. The van der Waals surface area contributed by atoms with Gasteiger partial charge in [-0.25, -0.2) is 4.39 Å². The van der Waals surface area contributed by atoms with Gasteiger partial charge < -0.3 is 9.73 Å². The molecule has 0 saturated heterocycles. The van der Waals surface area contributed by atoms with E-state index in [0.717, 1.165) is 5.39 Å². The summed E-state index contributed by atoms with van der Waals surface area (Å²) in [4.78, 5) is 12.9. The Morgan fingerprint density at radius 1 is 0.885 bits per heavy atom. The summed E-state index contributed by atoms with van der Waals surface area (Å²) < 4.78 is 19.8. The maximum atomic E-state index is 13.9. The van der Waals surface area contributed by atoms with Crippen LogP contribution in [0.5, 0.6) is 0 Å². The summed E-state index contributed by atoms with van der Waals surface area (Å²) >= 11 is 0. The van der Waals surface area contributed by atoms with Gasteiger partial charge in [-0.05, 0) is 18.2 Å². The van der Waals surface area contributed by atoms with Crippen molar-refractivity contribution < 1.29 is 13.6 Å². The highest BCUT2D eigenvalue weighted by molar-refractivity contribution is 6.14. The Balaban J connectivity index is 1.75. The second-order valence-electron chi connectivity index (χ2n) is 5.94. The fraction of sp³-hybridized carbons (Fsp3) is 0.0455. The predicted molar refractivity (Wildman–Crippen MR) is 99.8 cm³/mol. The smallest absolute Gasteiger partial charge is 0.230 e. The van der Waals surface area contributed by atoms with Gasteiger partial charge in [-0.2, -0.15) is 0 Å². The average Bonchev–Trinajstić information content (AvgIpc) is 3.06. The molecule has 3 nitrogen and oxygen atoms in total. The van der Waals surface area contributed by atoms with Crippen molar-refractivity contribution in [3.63, 3.8) is 0 Å². The second kappa shape index (κ2) is 6.84. The van der Waals surface area contributed by atoms with Crippen LogP contribution < -0.4 is 5.32 Å². The van der Waals surface area contributed by atoms with E-state index in [-0.39, 0.29) is 23.9 Å². The van der Waals surface area contributed by atoms with Crippen LogP contribution in [0.25, 0.3) is 11.0 Å². The van der Waals surface area contributed by atoms with Gasteiger partial charge in [-0.1, -0.05) is 60.7 Å². The Morgan fingerprint density at radius 2 is 1.58 bits per heavy atom. The number of para-hydroxylation sites is 1. The highest BCUT2D eigenvalue weighted by Gasteiger charge is 2.21. The lowest BCUT2D eigenvalue weighted by Crippen LogP contribution is -2.07. The largest absolute Gasteiger partial charge is 0.450 e. The number of halogens is 1. The lowest BCUT2D eigenvalue weighted by Gasteiger charge is -2.08. The van der Waals surface area contributed by atoms with Crippen molar-refractivity contribution in [3.05, 3.63) is 102 Å². The van der Waals surface area contributed by atoms with E-state index >= 15 is 0 Å². The Hall–Kier alpha value is -3.40. The van der Waals surface area contributed by atoms with Gasteiger partial charge in [0.05, 0.1) is 5.69 Å². The van der Waals surface area contributed by atoms with Gasteiger partial charge in [0, 0.05) is 23.1 Å². The normalized spacial score (nSPS) is 10.8. The van der Waals surface area contributed by atoms with E-state index in [1.807, 2.05) is 42.5 Å². The number of hydrogen-bond acceptors (Lipinski definition) is 3. The molecule has 0 fully saturated rings. The first-order chi connectivity index (χ1) is 12.7. The summed E-state index contributed by atoms with van der Waals surface area (Å²) in [6, 6.07) is 22.9. The summed E-state index contributed by atoms with van der Waals surface area (Å²) in [6.45, 7) is 0.255. The molecule has 0 amide bonds. The zero-order valence-electron chi connectivity index (χ0n) is 13.9. The molecule has 0 aliphatic carbocycles. The van der Waals surface area contributed by atoms with Crippen molar-refractivity contribution in [2.24, 2.45) is 0 Å². The Morgan fingerprint density at radius 3 is 2.38 bits per heavy atom. The highest BCUT2D eigenvalue weighted by atomic mass is 19.1. The summed E-state index contributed by atoms with van der Waals surface area (Å²) in [7, 11) is 0. The molecule has 1 aromatic heterocycles. The minimum atomic E-state index is -0.288. The quantitative estimate of drug-likeness (QED) is 0.491. The Labute approximate surface area is 150 Å². The maximum Gasteiger partial charge on any atom is 0.230 e. The molecule has 0 saturated carbocycles. The van der Waals surface area contributed by atoms with E-state index in [9.17, 15) is 9.18 Å². The molecular formula is C22H16FNO2. The first-order valence-electron chi connectivity index (χ1n) is 8.32. The molecule has 26 heavy (non-hydrogen) atoms. The number of anilines is 1. The molecule has 4 aromatic rings. The monoisotopic (exact) mass is 345 g/mol. The molecule has 3 aromatic carbocycles. The minimum absolute atomic E-state index is 0.210. The molecule has 0 bridgehead atoms. The van der Waals surface area contributed by atoms with Crippen LogP contribution in [0, 0.1) is 5.82 Å². The van der Waals surface area contributed by atoms with Crippen LogP contribution in [0.1, 0.15) is 21.7 Å². The molecule has 0 aliphatic rings. The third-order valence-electron chi connectivity index (χ3n) is 4.25. The van der Waals surface area contributed by atoms with E-state index < -0.39 is 0 Å². The van der Waals surface area contributed by atoms with Gasteiger partial charge in [-0.15, -0.1) is 0 Å². The van der Waals surface area contributed by atoms with Crippen LogP contribution in [0.4, 0.5) is 10.1 Å². The van der Waals surface area contributed by atoms with Crippen molar-refractivity contribution in [2.75, 3.05) is 5.32 Å².